The van der Waals surface area contributed by atoms with Gasteiger partial charge in [0.05, 0.1) is 28.5 Å². The van der Waals surface area contributed by atoms with Gasteiger partial charge in [-0.15, -0.1) is 5.10 Å². The number of nitrogens with zero attached hydrogens (tertiary/aromatic N) is 7. The minimum atomic E-state index is -0.285. The van der Waals surface area contributed by atoms with Crippen molar-refractivity contribution in [3.63, 3.8) is 0 Å². The lowest BCUT2D eigenvalue weighted by Crippen LogP contribution is -2.04. The van der Waals surface area contributed by atoms with Crippen molar-refractivity contribution in [2.24, 2.45) is 0 Å². The van der Waals surface area contributed by atoms with E-state index >= 15 is 0 Å². The molecule has 5 aromatic rings. The van der Waals surface area contributed by atoms with Crippen molar-refractivity contribution in [1.29, 1.82) is 0 Å². The van der Waals surface area contributed by atoms with Crippen LogP contribution in [0.5, 0.6) is 0 Å². The third-order valence-corrected chi connectivity index (χ3v) is 6.11. The number of halogens is 2. The van der Waals surface area contributed by atoms with Crippen molar-refractivity contribution >= 4 is 11.6 Å². The Morgan fingerprint density at radius 3 is 2.88 bits per heavy atom. The predicted octanol–water partition coefficient (Wildman–Crippen LogP) is 4.74. The highest BCUT2D eigenvalue weighted by molar-refractivity contribution is 6.30. The van der Waals surface area contributed by atoms with Crippen LogP contribution in [0.2, 0.25) is 5.02 Å². The summed E-state index contributed by atoms with van der Waals surface area (Å²) in [5.41, 5.74) is 5.54. The maximum atomic E-state index is 13.8. The van der Waals surface area contributed by atoms with Gasteiger partial charge in [0, 0.05) is 24.3 Å². The van der Waals surface area contributed by atoms with E-state index in [0.717, 1.165) is 46.9 Å². The smallest absolute Gasteiger partial charge is 0.278 e. The van der Waals surface area contributed by atoms with Gasteiger partial charge in [-0.3, -0.25) is 4.57 Å². The van der Waals surface area contributed by atoms with E-state index in [0.29, 0.717) is 35.3 Å². The SMILES string of the molecule is CCCc1noc(-c2ncn3c2Cc2c(Cc4cccc(F)c4)nnn2-c2cc(Cl)ccc2-3)n1. The number of fused-ring (bicyclic) bond motifs is 5. The van der Waals surface area contributed by atoms with Gasteiger partial charge in [0.2, 0.25) is 0 Å². The predicted molar refractivity (Wildman–Crippen MR) is 123 cm³/mol. The second-order valence-electron chi connectivity index (χ2n) is 8.19. The number of hydrogen-bond donors (Lipinski definition) is 0. The molecule has 0 spiro atoms. The van der Waals surface area contributed by atoms with E-state index in [2.05, 4.69) is 32.4 Å². The third kappa shape index (κ3) is 3.49. The molecule has 4 heterocycles. The molecular weight excluding hydrogens is 457 g/mol. The van der Waals surface area contributed by atoms with Crippen molar-refractivity contribution in [1.82, 2.24) is 34.7 Å². The van der Waals surface area contributed by atoms with Crippen LogP contribution >= 0.6 is 11.6 Å². The molecule has 0 amide bonds. The quantitative estimate of drug-likeness (QED) is 0.358. The van der Waals surface area contributed by atoms with Gasteiger partial charge in [-0.2, -0.15) is 4.98 Å². The lowest BCUT2D eigenvalue weighted by molar-refractivity contribution is 0.420. The average Bonchev–Trinajstić information content (AvgIpc) is 3.52. The second-order valence-corrected chi connectivity index (χ2v) is 8.62. The van der Waals surface area contributed by atoms with Crippen LogP contribution in [0, 0.1) is 5.82 Å². The topological polar surface area (TPSA) is 87.5 Å². The minimum Gasteiger partial charge on any atom is -0.332 e. The zero-order valence-electron chi connectivity index (χ0n) is 18.2. The Labute approximate surface area is 199 Å². The fraction of sp³-hybridized carbons (Fsp3) is 0.208. The summed E-state index contributed by atoms with van der Waals surface area (Å²) in [4.78, 5) is 9.16. The summed E-state index contributed by atoms with van der Waals surface area (Å²) in [5.74, 6) is 0.742. The normalized spacial score (nSPS) is 12.2. The minimum absolute atomic E-state index is 0.285. The van der Waals surface area contributed by atoms with Gasteiger partial charge in [-0.1, -0.05) is 41.0 Å². The number of aryl methyl sites for hydroxylation is 1. The summed E-state index contributed by atoms with van der Waals surface area (Å²) < 4.78 is 23.1. The highest BCUT2D eigenvalue weighted by Crippen LogP contribution is 2.34. The van der Waals surface area contributed by atoms with E-state index in [9.17, 15) is 4.39 Å². The summed E-state index contributed by atoms with van der Waals surface area (Å²) in [6.45, 7) is 2.06. The average molecular weight is 476 g/mol. The van der Waals surface area contributed by atoms with E-state index in [1.807, 2.05) is 28.8 Å². The Kier molecular flexibility index (Phi) is 4.99. The largest absolute Gasteiger partial charge is 0.332 e. The van der Waals surface area contributed by atoms with Crippen LogP contribution in [0.1, 0.15) is 41.8 Å². The number of benzene rings is 2. The summed E-state index contributed by atoms with van der Waals surface area (Å²) >= 11 is 6.35. The molecule has 0 aliphatic carbocycles. The standard InChI is InChI=1S/C24H19ClFN7O/c1-2-4-22-28-24(34-30-22)23-21-12-19-17(10-14-5-3-6-16(26)9-14)29-31-33(19)20-11-15(25)7-8-18(20)32(21)13-27-23/h3,5-9,11,13H,2,4,10,12H2,1H3. The molecule has 0 N–H and O–H groups in total. The number of hydrogen-bond acceptors (Lipinski definition) is 6. The Morgan fingerprint density at radius 1 is 1.12 bits per heavy atom. The molecule has 10 heteroatoms. The van der Waals surface area contributed by atoms with Crippen LogP contribution in [-0.2, 0) is 19.3 Å². The molecule has 0 radical (unpaired) electrons. The molecular formula is C24H19ClFN7O. The van der Waals surface area contributed by atoms with Gasteiger partial charge in [-0.05, 0) is 42.3 Å². The van der Waals surface area contributed by atoms with Crippen molar-refractivity contribution in [2.75, 3.05) is 0 Å². The number of rotatable bonds is 5. The van der Waals surface area contributed by atoms with E-state index in [1.54, 1.807) is 17.1 Å². The van der Waals surface area contributed by atoms with E-state index in [1.165, 1.54) is 12.1 Å². The third-order valence-electron chi connectivity index (χ3n) is 5.88. The first kappa shape index (κ1) is 20.7. The lowest BCUT2D eigenvalue weighted by atomic mass is 10.1. The van der Waals surface area contributed by atoms with E-state index in [-0.39, 0.29) is 5.82 Å². The molecule has 0 atom stereocenters. The first-order chi connectivity index (χ1) is 16.6. The fourth-order valence-electron chi connectivity index (χ4n) is 4.31. The molecule has 0 unspecified atom stereocenters. The number of aromatic nitrogens is 7. The monoisotopic (exact) mass is 475 g/mol. The Morgan fingerprint density at radius 2 is 2.03 bits per heavy atom. The molecule has 0 saturated carbocycles. The first-order valence-corrected chi connectivity index (χ1v) is 11.4. The molecule has 1 aliphatic rings. The summed E-state index contributed by atoms with van der Waals surface area (Å²) in [6.07, 6.45) is 4.30. The molecule has 1 aliphatic heterocycles. The van der Waals surface area contributed by atoms with Gasteiger partial charge < -0.3 is 4.52 Å². The van der Waals surface area contributed by atoms with Crippen LogP contribution < -0.4 is 0 Å². The lowest BCUT2D eigenvalue weighted by Gasteiger charge is -2.09. The Bertz CT molecular complexity index is 1520. The maximum absolute atomic E-state index is 13.8. The highest BCUT2D eigenvalue weighted by atomic mass is 35.5. The van der Waals surface area contributed by atoms with Crippen LogP contribution in [0.25, 0.3) is 23.0 Å². The van der Waals surface area contributed by atoms with Crippen molar-refractivity contribution in [2.45, 2.75) is 32.6 Å². The molecule has 3 aromatic heterocycles. The van der Waals surface area contributed by atoms with Gasteiger partial charge in [0.25, 0.3) is 5.89 Å². The summed E-state index contributed by atoms with van der Waals surface area (Å²) in [7, 11) is 0. The van der Waals surface area contributed by atoms with Crippen LogP contribution in [0.15, 0.2) is 53.3 Å². The highest BCUT2D eigenvalue weighted by Gasteiger charge is 2.28. The van der Waals surface area contributed by atoms with Gasteiger partial charge in [-0.25, -0.2) is 14.1 Å². The molecule has 170 valence electrons. The summed E-state index contributed by atoms with van der Waals surface area (Å²) in [6, 6.07) is 12.1. The van der Waals surface area contributed by atoms with Crippen molar-refractivity contribution in [3.8, 4) is 23.0 Å². The first-order valence-electron chi connectivity index (χ1n) is 11.0. The van der Waals surface area contributed by atoms with Crippen LogP contribution in [0.3, 0.4) is 0 Å². The zero-order chi connectivity index (χ0) is 23.2. The van der Waals surface area contributed by atoms with Gasteiger partial charge in [0.15, 0.2) is 11.5 Å². The van der Waals surface area contributed by atoms with E-state index in [4.69, 9.17) is 16.1 Å². The van der Waals surface area contributed by atoms with E-state index < -0.39 is 0 Å². The van der Waals surface area contributed by atoms with Crippen LogP contribution in [-0.4, -0.2) is 34.7 Å². The molecule has 8 nitrogen and oxygen atoms in total. The van der Waals surface area contributed by atoms with Gasteiger partial charge in [0.1, 0.15) is 12.1 Å². The number of imidazole rings is 1. The Balaban J connectivity index is 1.51. The molecule has 0 saturated heterocycles. The maximum Gasteiger partial charge on any atom is 0.278 e. The summed E-state index contributed by atoms with van der Waals surface area (Å²) in [5, 5.41) is 13.6. The van der Waals surface area contributed by atoms with Gasteiger partial charge >= 0.3 is 0 Å². The molecule has 34 heavy (non-hydrogen) atoms. The zero-order valence-corrected chi connectivity index (χ0v) is 19.0. The molecule has 0 fully saturated rings. The fourth-order valence-corrected chi connectivity index (χ4v) is 4.48. The molecule has 2 aromatic carbocycles. The second kappa shape index (κ2) is 8.18. The van der Waals surface area contributed by atoms with Crippen molar-refractivity contribution in [3.05, 3.63) is 88.1 Å². The molecule has 0 bridgehead atoms. The van der Waals surface area contributed by atoms with Crippen LogP contribution in [0.4, 0.5) is 4.39 Å². The van der Waals surface area contributed by atoms with Crippen molar-refractivity contribution < 1.29 is 8.91 Å². The molecule has 6 rings (SSSR count). The Hall–Kier alpha value is -3.85.